The third kappa shape index (κ3) is 4.09. The van der Waals surface area contributed by atoms with Crippen LogP contribution in [-0.4, -0.2) is 25.1 Å². The highest BCUT2D eigenvalue weighted by Gasteiger charge is 2.34. The first kappa shape index (κ1) is 13.4. The minimum absolute atomic E-state index is 0.0231. The van der Waals surface area contributed by atoms with Crippen LogP contribution < -0.4 is 0 Å². The first-order valence-electron chi connectivity index (χ1n) is 4.92. The molecule has 1 amide bonds. The summed E-state index contributed by atoms with van der Waals surface area (Å²) in [7, 11) is 3.15. The number of hydrogen-bond acceptors (Lipinski definition) is 2. The normalized spacial score (nSPS) is 12.8. The molecule has 0 aliphatic rings. The molecule has 0 radical (unpaired) electrons. The van der Waals surface area contributed by atoms with Crippen molar-refractivity contribution < 1.29 is 9.63 Å². The van der Waals surface area contributed by atoms with Crippen LogP contribution in [0.5, 0.6) is 0 Å². The first-order chi connectivity index (χ1) is 6.10. The van der Waals surface area contributed by atoms with Crippen LogP contribution in [-0.2, 0) is 9.63 Å². The largest absolute Gasteiger partial charge is 0.275 e. The third-order valence-corrected chi connectivity index (χ3v) is 2.11. The second-order valence-electron chi connectivity index (χ2n) is 5.61. The Labute approximate surface area is 87.4 Å². The molecule has 0 saturated heterocycles. The highest BCUT2D eigenvalue weighted by Crippen LogP contribution is 2.34. The van der Waals surface area contributed by atoms with Gasteiger partial charge in [0.25, 0.3) is 5.91 Å². The number of hydroxylamine groups is 2. The van der Waals surface area contributed by atoms with Gasteiger partial charge in [-0.15, -0.1) is 0 Å². The highest BCUT2D eigenvalue weighted by molar-refractivity contribution is 5.80. The molecule has 84 valence electrons. The molecule has 3 heteroatoms. The molecule has 0 aromatic carbocycles. The predicted molar refractivity (Wildman–Crippen MR) is 57.6 cm³/mol. The van der Waals surface area contributed by atoms with Gasteiger partial charge in [-0.05, 0) is 11.8 Å². The third-order valence-electron chi connectivity index (χ3n) is 2.11. The van der Waals surface area contributed by atoms with E-state index in [-0.39, 0.29) is 16.7 Å². The van der Waals surface area contributed by atoms with E-state index >= 15 is 0 Å². The van der Waals surface area contributed by atoms with Crippen LogP contribution in [0.1, 0.15) is 41.0 Å². The summed E-state index contributed by atoms with van der Waals surface area (Å²) >= 11 is 0. The lowest BCUT2D eigenvalue weighted by atomic mass is 9.76. The van der Waals surface area contributed by atoms with Crippen LogP contribution in [0.3, 0.4) is 0 Å². The Morgan fingerprint density at radius 2 is 1.64 bits per heavy atom. The van der Waals surface area contributed by atoms with E-state index in [0.717, 1.165) is 6.42 Å². The molecule has 0 saturated carbocycles. The van der Waals surface area contributed by atoms with Crippen molar-refractivity contribution >= 4 is 5.91 Å². The van der Waals surface area contributed by atoms with Crippen molar-refractivity contribution in [2.24, 2.45) is 10.8 Å². The molecule has 0 bridgehead atoms. The molecule has 0 aromatic rings. The van der Waals surface area contributed by atoms with Gasteiger partial charge in [-0.1, -0.05) is 34.6 Å². The van der Waals surface area contributed by atoms with Gasteiger partial charge < -0.3 is 0 Å². The van der Waals surface area contributed by atoms with Crippen molar-refractivity contribution in [2.75, 3.05) is 14.2 Å². The van der Waals surface area contributed by atoms with E-state index in [1.807, 2.05) is 13.8 Å². The zero-order valence-electron chi connectivity index (χ0n) is 10.5. The fourth-order valence-corrected chi connectivity index (χ4v) is 1.91. The van der Waals surface area contributed by atoms with E-state index in [1.165, 1.54) is 12.2 Å². The van der Waals surface area contributed by atoms with E-state index in [1.54, 1.807) is 7.05 Å². The summed E-state index contributed by atoms with van der Waals surface area (Å²) in [6.45, 7) is 10.3. The summed E-state index contributed by atoms with van der Waals surface area (Å²) in [6, 6.07) is 0. The molecule has 0 N–H and O–H groups in total. The molecule has 0 rings (SSSR count). The minimum Gasteiger partial charge on any atom is -0.275 e. The van der Waals surface area contributed by atoms with Crippen LogP contribution in [0, 0.1) is 10.8 Å². The Kier molecular flexibility index (Phi) is 4.13. The Morgan fingerprint density at radius 1 is 1.21 bits per heavy atom. The lowest BCUT2D eigenvalue weighted by Crippen LogP contribution is -2.39. The van der Waals surface area contributed by atoms with Crippen molar-refractivity contribution in [3.63, 3.8) is 0 Å². The molecule has 0 spiro atoms. The average molecular weight is 201 g/mol. The lowest BCUT2D eigenvalue weighted by molar-refractivity contribution is -0.180. The van der Waals surface area contributed by atoms with E-state index < -0.39 is 0 Å². The summed E-state index contributed by atoms with van der Waals surface area (Å²) in [5, 5.41) is 1.30. The second kappa shape index (κ2) is 4.30. The van der Waals surface area contributed by atoms with Crippen molar-refractivity contribution in [2.45, 2.75) is 41.0 Å². The maximum absolute atomic E-state index is 11.9. The average Bonchev–Trinajstić information content (AvgIpc) is 1.97. The number of amides is 1. The molecule has 0 aromatic heterocycles. The second-order valence-corrected chi connectivity index (χ2v) is 5.61. The maximum Gasteiger partial charge on any atom is 0.251 e. The van der Waals surface area contributed by atoms with Crippen molar-refractivity contribution in [1.82, 2.24) is 5.06 Å². The van der Waals surface area contributed by atoms with E-state index in [9.17, 15) is 4.79 Å². The number of carbonyl (C=O) groups excluding carboxylic acids is 1. The van der Waals surface area contributed by atoms with Crippen LogP contribution >= 0.6 is 0 Å². The fraction of sp³-hybridized carbons (Fsp3) is 0.909. The fourth-order valence-electron chi connectivity index (χ4n) is 1.91. The molecule has 14 heavy (non-hydrogen) atoms. The lowest BCUT2D eigenvalue weighted by Gasteiger charge is -2.33. The van der Waals surface area contributed by atoms with Gasteiger partial charge in [-0.2, -0.15) is 0 Å². The SMILES string of the molecule is CON(C)C(=O)C(C)(C)CC(C)(C)C. The quantitative estimate of drug-likeness (QED) is 0.656. The van der Waals surface area contributed by atoms with Gasteiger partial charge in [-0.25, -0.2) is 5.06 Å². The molecule has 0 unspecified atom stereocenters. The van der Waals surface area contributed by atoms with Crippen LogP contribution in [0.4, 0.5) is 0 Å². The first-order valence-corrected chi connectivity index (χ1v) is 4.92. The maximum atomic E-state index is 11.9. The Bertz CT molecular complexity index is 204. The smallest absolute Gasteiger partial charge is 0.251 e. The van der Waals surface area contributed by atoms with Crippen LogP contribution in [0.2, 0.25) is 0 Å². The molecular weight excluding hydrogens is 178 g/mol. The van der Waals surface area contributed by atoms with Gasteiger partial charge in [0.2, 0.25) is 0 Å². The Hall–Kier alpha value is -0.570. The summed E-state index contributed by atoms with van der Waals surface area (Å²) in [4.78, 5) is 16.8. The standard InChI is InChI=1S/C11H23NO2/c1-10(2,3)8-11(4,5)9(13)12(6)14-7/h8H2,1-7H3. The van der Waals surface area contributed by atoms with Gasteiger partial charge >= 0.3 is 0 Å². The molecule has 3 nitrogen and oxygen atoms in total. The van der Waals surface area contributed by atoms with Gasteiger partial charge in [0.15, 0.2) is 0 Å². The minimum atomic E-state index is -0.372. The van der Waals surface area contributed by atoms with Crippen LogP contribution in [0.15, 0.2) is 0 Å². The summed E-state index contributed by atoms with van der Waals surface area (Å²) in [5.41, 5.74) is -0.225. The zero-order chi connectivity index (χ0) is 11.6. The molecule has 0 fully saturated rings. The number of hydrogen-bond donors (Lipinski definition) is 0. The van der Waals surface area contributed by atoms with Crippen molar-refractivity contribution in [1.29, 1.82) is 0 Å². The van der Waals surface area contributed by atoms with Crippen molar-refractivity contribution in [3.05, 3.63) is 0 Å². The van der Waals surface area contributed by atoms with E-state index in [4.69, 9.17) is 4.84 Å². The van der Waals surface area contributed by atoms with Crippen molar-refractivity contribution in [3.8, 4) is 0 Å². The summed E-state index contributed by atoms with van der Waals surface area (Å²) < 4.78 is 0. The molecule has 0 heterocycles. The highest BCUT2D eigenvalue weighted by atomic mass is 16.7. The van der Waals surface area contributed by atoms with E-state index in [0.29, 0.717) is 0 Å². The molecular formula is C11H23NO2. The van der Waals surface area contributed by atoms with E-state index in [2.05, 4.69) is 20.8 Å². The van der Waals surface area contributed by atoms with Gasteiger partial charge in [-0.3, -0.25) is 9.63 Å². The Balaban J connectivity index is 4.54. The predicted octanol–water partition coefficient (Wildman–Crippen LogP) is 2.47. The topological polar surface area (TPSA) is 29.5 Å². The number of carbonyl (C=O) groups is 1. The summed E-state index contributed by atoms with van der Waals surface area (Å²) in [5.74, 6) is 0.0231. The molecule has 0 aliphatic heterocycles. The van der Waals surface area contributed by atoms with Gasteiger partial charge in [0, 0.05) is 12.5 Å². The van der Waals surface area contributed by atoms with Crippen LogP contribution in [0.25, 0.3) is 0 Å². The van der Waals surface area contributed by atoms with Gasteiger partial charge in [0.1, 0.15) is 0 Å². The van der Waals surface area contributed by atoms with Gasteiger partial charge in [0.05, 0.1) is 7.11 Å². The molecule has 0 aliphatic carbocycles. The number of rotatable bonds is 3. The summed E-state index contributed by atoms with van der Waals surface area (Å²) in [6.07, 6.45) is 0.840. The monoisotopic (exact) mass is 201 g/mol. The Morgan fingerprint density at radius 3 is 1.93 bits per heavy atom. The number of nitrogens with zero attached hydrogens (tertiary/aromatic N) is 1. The molecule has 0 atom stereocenters. The zero-order valence-corrected chi connectivity index (χ0v) is 10.5.